The molecule has 0 N–H and O–H groups in total. The first-order valence-corrected chi connectivity index (χ1v) is 14.0. The third kappa shape index (κ3) is 21.8. The van der Waals surface area contributed by atoms with Gasteiger partial charge in [-0.2, -0.15) is 0 Å². The molecule has 0 saturated heterocycles. The van der Waals surface area contributed by atoms with E-state index in [1.54, 1.807) is 30.3 Å². The smallest absolute Gasteiger partial charge is 0.379 e. The van der Waals surface area contributed by atoms with E-state index in [2.05, 4.69) is 13.8 Å². The highest BCUT2D eigenvalue weighted by Crippen LogP contribution is 2.01. The van der Waals surface area contributed by atoms with Crippen molar-refractivity contribution in [1.29, 1.82) is 0 Å². The van der Waals surface area contributed by atoms with Crippen molar-refractivity contribution >= 4 is 11.8 Å². The molecule has 11 heteroatoms. The molecular weight excluding hydrogens is 524 g/mol. The minimum Gasteiger partial charge on any atom is -0.457 e. The van der Waals surface area contributed by atoms with Crippen molar-refractivity contribution in [3.05, 3.63) is 35.9 Å². The first kappa shape index (κ1) is 36.1. The second-order valence-corrected chi connectivity index (χ2v) is 8.71. The van der Waals surface area contributed by atoms with Gasteiger partial charge in [0.25, 0.3) is 5.78 Å². The van der Waals surface area contributed by atoms with E-state index >= 15 is 0 Å². The van der Waals surface area contributed by atoms with Crippen molar-refractivity contribution in [2.45, 2.75) is 20.3 Å². The molecule has 0 amide bonds. The van der Waals surface area contributed by atoms with Crippen LogP contribution in [0.1, 0.15) is 30.6 Å². The Morgan fingerprint density at radius 2 is 0.900 bits per heavy atom. The van der Waals surface area contributed by atoms with Gasteiger partial charge in [-0.25, -0.2) is 4.79 Å². The summed E-state index contributed by atoms with van der Waals surface area (Å²) in [6.45, 7) is 12.2. The Morgan fingerprint density at radius 3 is 1.27 bits per heavy atom. The molecular formula is C29H48O11. The lowest BCUT2D eigenvalue weighted by molar-refractivity contribution is -0.139. The molecule has 0 fully saturated rings. The Hall–Kier alpha value is -1.96. The van der Waals surface area contributed by atoms with Crippen LogP contribution < -0.4 is 0 Å². The number of carbonyl (C=O) groups is 2. The Kier molecular flexibility index (Phi) is 24.5. The number of hydrogen-bond donors (Lipinski definition) is 0. The van der Waals surface area contributed by atoms with Gasteiger partial charge < -0.3 is 42.6 Å². The number of ether oxygens (including phenoxy) is 9. The van der Waals surface area contributed by atoms with Crippen molar-refractivity contribution in [3.63, 3.8) is 0 Å². The highest BCUT2D eigenvalue weighted by molar-refractivity contribution is 6.40. The van der Waals surface area contributed by atoms with Crippen LogP contribution >= 0.6 is 0 Å². The predicted molar refractivity (Wildman–Crippen MR) is 148 cm³/mol. The number of Topliss-reactive ketones (excluding diaryl/α,β-unsaturated/α-hetero) is 1. The summed E-state index contributed by atoms with van der Waals surface area (Å²) in [7, 11) is 0. The molecule has 0 heterocycles. The molecule has 0 saturated carbocycles. The summed E-state index contributed by atoms with van der Waals surface area (Å²) in [5.41, 5.74) is 0.300. The highest BCUT2D eigenvalue weighted by atomic mass is 16.6. The number of rotatable bonds is 29. The molecule has 0 bridgehead atoms. The average molecular weight is 573 g/mol. The SMILES string of the molecule is CCC(C)COCCOCCOCCOCCOCCOCCOCCOCCOC(=O)C(=O)c1ccccc1. The van der Waals surface area contributed by atoms with E-state index in [1.165, 1.54) is 0 Å². The maximum absolute atomic E-state index is 11.9. The van der Waals surface area contributed by atoms with Crippen LogP contribution in [0.15, 0.2) is 30.3 Å². The number of esters is 1. The van der Waals surface area contributed by atoms with Gasteiger partial charge in [-0.15, -0.1) is 0 Å². The monoisotopic (exact) mass is 572 g/mol. The van der Waals surface area contributed by atoms with E-state index in [0.717, 1.165) is 13.0 Å². The van der Waals surface area contributed by atoms with E-state index in [0.29, 0.717) is 104 Å². The van der Waals surface area contributed by atoms with Crippen molar-refractivity contribution in [1.82, 2.24) is 0 Å². The first-order valence-electron chi connectivity index (χ1n) is 14.0. The molecule has 230 valence electrons. The van der Waals surface area contributed by atoms with Crippen molar-refractivity contribution in [3.8, 4) is 0 Å². The third-order valence-electron chi connectivity index (χ3n) is 5.39. The van der Waals surface area contributed by atoms with E-state index < -0.39 is 11.8 Å². The first-order chi connectivity index (χ1) is 19.6. The second kappa shape index (κ2) is 27.2. The molecule has 0 aliphatic rings. The minimum atomic E-state index is -0.892. The van der Waals surface area contributed by atoms with Gasteiger partial charge in [0.2, 0.25) is 0 Å². The Bertz CT molecular complexity index is 717. The van der Waals surface area contributed by atoms with E-state index in [-0.39, 0.29) is 13.2 Å². The lowest BCUT2D eigenvalue weighted by Crippen LogP contribution is -2.20. The lowest BCUT2D eigenvalue weighted by Gasteiger charge is -2.10. The van der Waals surface area contributed by atoms with Crippen molar-refractivity contribution < 1.29 is 52.2 Å². The van der Waals surface area contributed by atoms with Crippen LogP contribution in [0.4, 0.5) is 0 Å². The van der Waals surface area contributed by atoms with Gasteiger partial charge in [-0.1, -0.05) is 50.6 Å². The van der Waals surface area contributed by atoms with Crippen LogP contribution in [0.25, 0.3) is 0 Å². The lowest BCUT2D eigenvalue weighted by atomic mass is 10.1. The summed E-state index contributed by atoms with van der Waals surface area (Å²) >= 11 is 0. The summed E-state index contributed by atoms with van der Waals surface area (Å²) in [4.78, 5) is 23.6. The molecule has 1 unspecified atom stereocenters. The molecule has 0 radical (unpaired) electrons. The van der Waals surface area contributed by atoms with Crippen LogP contribution in [-0.4, -0.2) is 124 Å². The number of carbonyl (C=O) groups excluding carboxylic acids is 2. The van der Waals surface area contributed by atoms with Gasteiger partial charge in [-0.3, -0.25) is 4.79 Å². The van der Waals surface area contributed by atoms with Gasteiger partial charge in [0.15, 0.2) is 0 Å². The number of ketones is 1. The zero-order chi connectivity index (χ0) is 28.9. The standard InChI is InChI=1S/C29H48O11/c1-3-26(2)25-39-22-21-37-18-17-35-14-13-33-10-9-32-11-12-34-15-16-36-19-20-38-23-24-40-29(31)28(30)27-7-5-4-6-8-27/h4-8,26H,3,9-25H2,1-2H3. The fourth-order valence-electron chi connectivity index (χ4n) is 2.91. The minimum absolute atomic E-state index is 0.00415. The summed E-state index contributed by atoms with van der Waals surface area (Å²) in [6, 6.07) is 8.27. The summed E-state index contributed by atoms with van der Waals surface area (Å²) in [5, 5.41) is 0. The Balaban J connectivity index is 1.70. The quantitative estimate of drug-likeness (QED) is 0.0610. The van der Waals surface area contributed by atoms with Gasteiger partial charge in [0, 0.05) is 12.2 Å². The fraction of sp³-hybridized carbons (Fsp3) is 0.724. The molecule has 1 aromatic carbocycles. The van der Waals surface area contributed by atoms with Crippen molar-refractivity contribution in [2.75, 3.05) is 112 Å². The zero-order valence-electron chi connectivity index (χ0n) is 24.2. The topological polar surface area (TPSA) is 117 Å². The molecule has 1 atom stereocenters. The Morgan fingerprint density at radius 1 is 0.550 bits per heavy atom. The summed E-state index contributed by atoms with van der Waals surface area (Å²) in [5.74, 6) is -0.973. The predicted octanol–water partition coefficient (Wildman–Crippen LogP) is 2.59. The number of hydrogen-bond acceptors (Lipinski definition) is 11. The fourth-order valence-corrected chi connectivity index (χ4v) is 2.91. The van der Waals surface area contributed by atoms with Crippen LogP contribution in [0.3, 0.4) is 0 Å². The third-order valence-corrected chi connectivity index (χ3v) is 5.39. The molecule has 11 nitrogen and oxygen atoms in total. The molecule has 40 heavy (non-hydrogen) atoms. The van der Waals surface area contributed by atoms with Crippen molar-refractivity contribution in [2.24, 2.45) is 5.92 Å². The second-order valence-electron chi connectivity index (χ2n) is 8.71. The largest absolute Gasteiger partial charge is 0.457 e. The van der Waals surface area contributed by atoms with Gasteiger partial charge in [0.05, 0.1) is 99.1 Å². The zero-order valence-corrected chi connectivity index (χ0v) is 24.2. The van der Waals surface area contributed by atoms with Gasteiger partial charge in [-0.05, 0) is 5.92 Å². The van der Waals surface area contributed by atoms with Crippen LogP contribution in [0.5, 0.6) is 0 Å². The maximum Gasteiger partial charge on any atom is 0.379 e. The van der Waals surface area contributed by atoms with E-state index in [4.69, 9.17) is 42.6 Å². The maximum atomic E-state index is 11.9. The summed E-state index contributed by atoms with van der Waals surface area (Å²) in [6.07, 6.45) is 1.13. The highest BCUT2D eigenvalue weighted by Gasteiger charge is 2.17. The molecule has 0 spiro atoms. The van der Waals surface area contributed by atoms with E-state index in [9.17, 15) is 9.59 Å². The van der Waals surface area contributed by atoms with E-state index in [1.807, 2.05) is 0 Å². The average Bonchev–Trinajstić information content (AvgIpc) is 2.98. The molecule has 0 aliphatic carbocycles. The molecule has 1 rings (SSSR count). The van der Waals surface area contributed by atoms with Gasteiger partial charge >= 0.3 is 5.97 Å². The summed E-state index contributed by atoms with van der Waals surface area (Å²) < 4.78 is 48.4. The molecule has 0 aromatic heterocycles. The molecule has 0 aliphatic heterocycles. The van der Waals surface area contributed by atoms with Crippen LogP contribution in [-0.2, 0) is 47.4 Å². The van der Waals surface area contributed by atoms with Gasteiger partial charge in [0.1, 0.15) is 6.61 Å². The van der Waals surface area contributed by atoms with Crippen LogP contribution in [0, 0.1) is 5.92 Å². The normalized spacial score (nSPS) is 11.9. The van der Waals surface area contributed by atoms with Crippen LogP contribution in [0.2, 0.25) is 0 Å². The number of benzene rings is 1. The molecule has 1 aromatic rings. The Labute approximate surface area is 238 Å².